The molecule has 0 saturated carbocycles. The van der Waals surface area contributed by atoms with Gasteiger partial charge in [-0.1, -0.05) is 6.92 Å². The minimum absolute atomic E-state index is 0.265. The fourth-order valence-electron chi connectivity index (χ4n) is 1.82. The van der Waals surface area contributed by atoms with E-state index in [-0.39, 0.29) is 6.04 Å². The number of hydrogen-bond acceptors (Lipinski definition) is 3. The van der Waals surface area contributed by atoms with Crippen LogP contribution in [-0.4, -0.2) is 43.3 Å². The molecule has 1 aliphatic rings. The van der Waals surface area contributed by atoms with Gasteiger partial charge in [-0.25, -0.2) is 0 Å². The normalized spacial score (nSPS) is 25.4. The molecular weight excluding hydrogens is 164 g/mol. The fourth-order valence-corrected chi connectivity index (χ4v) is 1.82. The third-order valence-electron chi connectivity index (χ3n) is 2.48. The summed E-state index contributed by atoms with van der Waals surface area (Å²) in [6.45, 7) is 8.28. The van der Waals surface area contributed by atoms with Crippen molar-refractivity contribution in [3.8, 4) is 0 Å². The van der Waals surface area contributed by atoms with E-state index in [1.165, 1.54) is 12.8 Å². The number of nitrogens with two attached hydrogens (primary N) is 1. The lowest BCUT2D eigenvalue weighted by molar-refractivity contribution is 0.0735. The third-order valence-corrected chi connectivity index (χ3v) is 2.48. The van der Waals surface area contributed by atoms with Crippen molar-refractivity contribution < 1.29 is 4.74 Å². The Morgan fingerprint density at radius 3 is 2.85 bits per heavy atom. The predicted octanol–water partition coefficient (Wildman–Crippen LogP) is 0.834. The molecule has 2 unspecified atom stereocenters. The highest BCUT2D eigenvalue weighted by atomic mass is 16.5. The van der Waals surface area contributed by atoms with E-state index < -0.39 is 0 Å². The molecular formula is C10H22N2O. The number of rotatable bonds is 5. The van der Waals surface area contributed by atoms with E-state index >= 15 is 0 Å². The third kappa shape index (κ3) is 4.07. The van der Waals surface area contributed by atoms with Crippen molar-refractivity contribution in [3.05, 3.63) is 0 Å². The Kier molecular flexibility index (Phi) is 4.70. The van der Waals surface area contributed by atoms with Gasteiger partial charge in [0.05, 0.1) is 6.10 Å². The van der Waals surface area contributed by atoms with Crippen LogP contribution < -0.4 is 5.73 Å². The molecule has 0 spiro atoms. The molecule has 1 aliphatic heterocycles. The Bertz CT molecular complexity index is 133. The molecule has 0 aromatic heterocycles. The van der Waals surface area contributed by atoms with E-state index in [1.807, 2.05) is 0 Å². The highest BCUT2D eigenvalue weighted by Crippen LogP contribution is 2.13. The zero-order valence-corrected chi connectivity index (χ0v) is 8.83. The Morgan fingerprint density at radius 1 is 1.62 bits per heavy atom. The number of nitrogens with zero attached hydrogens (tertiary/aromatic N) is 1. The SMILES string of the molecule is CCN(CC(C)N)CC1CCCO1. The van der Waals surface area contributed by atoms with Gasteiger partial charge in [0, 0.05) is 25.7 Å². The van der Waals surface area contributed by atoms with Crippen molar-refractivity contribution in [1.29, 1.82) is 0 Å². The van der Waals surface area contributed by atoms with Gasteiger partial charge in [0.1, 0.15) is 0 Å². The summed E-state index contributed by atoms with van der Waals surface area (Å²) in [4.78, 5) is 2.38. The van der Waals surface area contributed by atoms with Crippen molar-refractivity contribution in [2.45, 2.75) is 38.8 Å². The summed E-state index contributed by atoms with van der Waals surface area (Å²) < 4.78 is 5.58. The molecule has 78 valence electrons. The second-order valence-corrected chi connectivity index (χ2v) is 3.96. The zero-order chi connectivity index (χ0) is 9.68. The van der Waals surface area contributed by atoms with Crippen LogP contribution in [0.5, 0.6) is 0 Å². The summed E-state index contributed by atoms with van der Waals surface area (Å²) in [5.41, 5.74) is 5.76. The molecule has 1 saturated heterocycles. The van der Waals surface area contributed by atoms with E-state index in [4.69, 9.17) is 10.5 Å². The van der Waals surface area contributed by atoms with E-state index in [2.05, 4.69) is 18.7 Å². The summed E-state index contributed by atoms with van der Waals surface area (Å²) in [6.07, 6.45) is 2.90. The molecule has 0 radical (unpaired) electrons. The molecule has 13 heavy (non-hydrogen) atoms. The van der Waals surface area contributed by atoms with E-state index in [0.29, 0.717) is 6.10 Å². The monoisotopic (exact) mass is 186 g/mol. The predicted molar refractivity (Wildman–Crippen MR) is 54.7 cm³/mol. The van der Waals surface area contributed by atoms with Crippen molar-refractivity contribution >= 4 is 0 Å². The van der Waals surface area contributed by atoms with Gasteiger partial charge in [0.15, 0.2) is 0 Å². The minimum Gasteiger partial charge on any atom is -0.377 e. The average Bonchev–Trinajstić information content (AvgIpc) is 2.55. The van der Waals surface area contributed by atoms with Crippen LogP contribution in [0.3, 0.4) is 0 Å². The molecule has 0 amide bonds. The molecule has 0 aromatic carbocycles. The largest absolute Gasteiger partial charge is 0.377 e. The average molecular weight is 186 g/mol. The lowest BCUT2D eigenvalue weighted by Gasteiger charge is -2.25. The smallest absolute Gasteiger partial charge is 0.0702 e. The van der Waals surface area contributed by atoms with Crippen LogP contribution in [0, 0.1) is 0 Å². The number of hydrogen-bond donors (Lipinski definition) is 1. The minimum atomic E-state index is 0.265. The molecule has 3 nitrogen and oxygen atoms in total. The summed E-state index contributed by atoms with van der Waals surface area (Å²) in [5, 5.41) is 0. The molecule has 2 N–H and O–H groups in total. The van der Waals surface area contributed by atoms with Gasteiger partial charge in [-0.05, 0) is 26.3 Å². The molecule has 1 fully saturated rings. The summed E-state index contributed by atoms with van der Waals surface area (Å²) >= 11 is 0. The van der Waals surface area contributed by atoms with Gasteiger partial charge in [0.2, 0.25) is 0 Å². The molecule has 1 rings (SSSR count). The summed E-state index contributed by atoms with van der Waals surface area (Å²) in [5.74, 6) is 0. The van der Waals surface area contributed by atoms with E-state index in [9.17, 15) is 0 Å². The zero-order valence-electron chi connectivity index (χ0n) is 8.83. The fraction of sp³-hybridized carbons (Fsp3) is 1.00. The van der Waals surface area contributed by atoms with Gasteiger partial charge in [-0.3, -0.25) is 4.90 Å². The maximum absolute atomic E-state index is 5.76. The Balaban J connectivity index is 2.21. The van der Waals surface area contributed by atoms with Gasteiger partial charge < -0.3 is 10.5 Å². The van der Waals surface area contributed by atoms with E-state index in [0.717, 1.165) is 26.2 Å². The van der Waals surface area contributed by atoms with Crippen molar-refractivity contribution in [2.24, 2.45) is 5.73 Å². The van der Waals surface area contributed by atoms with Crippen LogP contribution in [0.1, 0.15) is 26.7 Å². The quantitative estimate of drug-likeness (QED) is 0.691. The number of ether oxygens (including phenoxy) is 1. The summed E-state index contributed by atoms with van der Waals surface area (Å²) in [6, 6.07) is 0.265. The summed E-state index contributed by atoms with van der Waals surface area (Å²) in [7, 11) is 0. The van der Waals surface area contributed by atoms with Gasteiger partial charge in [0.25, 0.3) is 0 Å². The van der Waals surface area contributed by atoms with Crippen molar-refractivity contribution in [1.82, 2.24) is 4.90 Å². The van der Waals surface area contributed by atoms with Crippen LogP contribution in [0.25, 0.3) is 0 Å². The first-order valence-corrected chi connectivity index (χ1v) is 5.32. The van der Waals surface area contributed by atoms with Crippen LogP contribution in [0.2, 0.25) is 0 Å². The second-order valence-electron chi connectivity index (χ2n) is 3.96. The van der Waals surface area contributed by atoms with Gasteiger partial charge >= 0.3 is 0 Å². The molecule has 0 aromatic rings. The lowest BCUT2D eigenvalue weighted by Crippen LogP contribution is -2.39. The molecule has 3 heteroatoms. The Labute approximate surface area is 81.2 Å². The van der Waals surface area contributed by atoms with Gasteiger partial charge in [-0.15, -0.1) is 0 Å². The molecule has 0 aliphatic carbocycles. The first-order chi connectivity index (χ1) is 6.22. The Morgan fingerprint density at radius 2 is 2.38 bits per heavy atom. The second kappa shape index (κ2) is 5.58. The number of likely N-dealkylation sites (N-methyl/N-ethyl adjacent to an activating group) is 1. The highest BCUT2D eigenvalue weighted by molar-refractivity contribution is 4.71. The lowest BCUT2D eigenvalue weighted by atomic mass is 10.2. The van der Waals surface area contributed by atoms with Crippen molar-refractivity contribution in [2.75, 3.05) is 26.2 Å². The van der Waals surface area contributed by atoms with Crippen LogP contribution in [-0.2, 0) is 4.74 Å². The standard InChI is InChI=1S/C10H22N2O/c1-3-12(7-9(2)11)8-10-5-4-6-13-10/h9-10H,3-8,11H2,1-2H3. The molecule has 2 atom stereocenters. The maximum atomic E-state index is 5.76. The van der Waals surface area contributed by atoms with Crippen LogP contribution in [0.15, 0.2) is 0 Å². The topological polar surface area (TPSA) is 38.5 Å². The van der Waals surface area contributed by atoms with E-state index in [1.54, 1.807) is 0 Å². The van der Waals surface area contributed by atoms with Gasteiger partial charge in [-0.2, -0.15) is 0 Å². The molecule has 1 heterocycles. The molecule has 0 bridgehead atoms. The van der Waals surface area contributed by atoms with Crippen LogP contribution >= 0.6 is 0 Å². The Hall–Kier alpha value is -0.120. The van der Waals surface area contributed by atoms with Crippen LogP contribution in [0.4, 0.5) is 0 Å². The first kappa shape index (κ1) is 11.0. The van der Waals surface area contributed by atoms with Crippen molar-refractivity contribution in [3.63, 3.8) is 0 Å². The highest BCUT2D eigenvalue weighted by Gasteiger charge is 2.18. The first-order valence-electron chi connectivity index (χ1n) is 5.32. The maximum Gasteiger partial charge on any atom is 0.0702 e.